The van der Waals surface area contributed by atoms with E-state index in [1.165, 1.54) is 43.2 Å². The van der Waals surface area contributed by atoms with Gasteiger partial charge in [-0.3, -0.25) is 4.90 Å². The Hall–Kier alpha value is -1.84. The smallest absolute Gasteiger partial charge is 0.125 e. The van der Waals surface area contributed by atoms with Gasteiger partial charge in [0.25, 0.3) is 0 Å². The Bertz CT molecular complexity index is 793. The number of halogens is 1. The third-order valence-corrected chi connectivity index (χ3v) is 6.35. The van der Waals surface area contributed by atoms with E-state index in [0.29, 0.717) is 12.5 Å². The van der Waals surface area contributed by atoms with Gasteiger partial charge in [-0.15, -0.1) is 0 Å². The van der Waals surface area contributed by atoms with Crippen molar-refractivity contribution in [3.63, 3.8) is 0 Å². The summed E-state index contributed by atoms with van der Waals surface area (Å²) in [4.78, 5) is 13.0. The Labute approximate surface area is 172 Å². The molecule has 0 spiro atoms. The second-order valence-electron chi connectivity index (χ2n) is 8.21. The highest BCUT2D eigenvalue weighted by Crippen LogP contribution is 2.36. The standard InChI is InChI=1S/C24H28ClNO2/c25-24-12-19(8-11-23(24)21-4-2-1-3-5-21)17-28-22-9-6-18(7-10-22)13-26-14-20(15-26)16-27/h6-12,16,20-21H,1-5,13-15,17H2. The Kier molecular flexibility index (Phi) is 6.33. The van der Waals surface area contributed by atoms with Crippen LogP contribution in [0.5, 0.6) is 5.75 Å². The molecule has 148 valence electrons. The molecule has 2 aromatic rings. The summed E-state index contributed by atoms with van der Waals surface area (Å²) in [6.07, 6.45) is 7.57. The summed E-state index contributed by atoms with van der Waals surface area (Å²) in [6.45, 7) is 3.17. The Balaban J connectivity index is 1.29. The average Bonchev–Trinajstić information content (AvgIpc) is 2.70. The Morgan fingerprint density at radius 2 is 1.71 bits per heavy atom. The summed E-state index contributed by atoms with van der Waals surface area (Å²) in [6, 6.07) is 14.6. The van der Waals surface area contributed by atoms with E-state index >= 15 is 0 Å². The van der Waals surface area contributed by atoms with Crippen molar-refractivity contribution in [1.29, 1.82) is 0 Å². The molecule has 1 aliphatic heterocycles. The van der Waals surface area contributed by atoms with E-state index in [1.54, 1.807) is 0 Å². The van der Waals surface area contributed by atoms with Gasteiger partial charge < -0.3 is 9.53 Å². The molecule has 0 radical (unpaired) electrons. The van der Waals surface area contributed by atoms with Crippen LogP contribution >= 0.6 is 11.6 Å². The zero-order valence-electron chi connectivity index (χ0n) is 16.3. The lowest BCUT2D eigenvalue weighted by atomic mass is 9.84. The fraction of sp³-hybridized carbons (Fsp3) is 0.458. The minimum Gasteiger partial charge on any atom is -0.489 e. The molecule has 4 rings (SSSR count). The van der Waals surface area contributed by atoms with Crippen LogP contribution in [0.3, 0.4) is 0 Å². The van der Waals surface area contributed by atoms with Gasteiger partial charge in [-0.2, -0.15) is 0 Å². The SMILES string of the molecule is O=CC1CN(Cc2ccc(OCc3ccc(C4CCCCC4)c(Cl)c3)cc2)C1. The van der Waals surface area contributed by atoms with Crippen LogP contribution in [0.1, 0.15) is 54.7 Å². The van der Waals surface area contributed by atoms with Crippen LogP contribution < -0.4 is 4.74 Å². The van der Waals surface area contributed by atoms with Gasteiger partial charge in [0.1, 0.15) is 18.6 Å². The summed E-state index contributed by atoms with van der Waals surface area (Å²) in [5, 5.41) is 0.881. The summed E-state index contributed by atoms with van der Waals surface area (Å²) >= 11 is 6.57. The molecular formula is C24H28ClNO2. The van der Waals surface area contributed by atoms with Crippen LogP contribution in [-0.2, 0) is 17.9 Å². The molecule has 0 amide bonds. The third kappa shape index (κ3) is 4.76. The first-order chi connectivity index (χ1) is 13.7. The van der Waals surface area contributed by atoms with Crippen molar-refractivity contribution in [3.8, 4) is 5.75 Å². The molecule has 0 atom stereocenters. The summed E-state index contributed by atoms with van der Waals surface area (Å²) in [5.41, 5.74) is 3.66. The molecule has 2 fully saturated rings. The number of ether oxygens (including phenoxy) is 1. The first-order valence-corrected chi connectivity index (χ1v) is 10.8. The average molecular weight is 398 g/mol. The number of aldehydes is 1. The van der Waals surface area contributed by atoms with Crippen molar-refractivity contribution >= 4 is 17.9 Å². The Morgan fingerprint density at radius 1 is 1.00 bits per heavy atom. The number of hydrogen-bond acceptors (Lipinski definition) is 3. The summed E-state index contributed by atoms with van der Waals surface area (Å²) < 4.78 is 5.95. The molecule has 0 unspecified atom stereocenters. The predicted octanol–water partition coefficient (Wildman–Crippen LogP) is 5.60. The van der Waals surface area contributed by atoms with E-state index in [0.717, 1.165) is 42.3 Å². The normalized spacial score (nSPS) is 18.6. The lowest BCUT2D eigenvalue weighted by Crippen LogP contribution is -2.46. The van der Waals surface area contributed by atoms with Gasteiger partial charge in [-0.1, -0.05) is 55.1 Å². The van der Waals surface area contributed by atoms with Crippen molar-refractivity contribution in [2.24, 2.45) is 5.92 Å². The van der Waals surface area contributed by atoms with E-state index in [1.807, 2.05) is 12.1 Å². The molecule has 3 nitrogen and oxygen atoms in total. The number of hydrogen-bond donors (Lipinski definition) is 0. The van der Waals surface area contributed by atoms with Crippen LogP contribution in [0.2, 0.25) is 5.02 Å². The minimum absolute atomic E-state index is 0.221. The van der Waals surface area contributed by atoms with E-state index in [2.05, 4.69) is 35.2 Å². The van der Waals surface area contributed by atoms with Crippen molar-refractivity contribution in [2.45, 2.75) is 51.2 Å². The molecule has 1 aliphatic carbocycles. The number of carbonyl (C=O) groups is 1. The van der Waals surface area contributed by atoms with Crippen LogP contribution in [-0.4, -0.2) is 24.3 Å². The highest BCUT2D eigenvalue weighted by atomic mass is 35.5. The number of rotatable bonds is 7. The zero-order valence-corrected chi connectivity index (χ0v) is 17.0. The molecule has 0 aromatic heterocycles. The molecule has 1 heterocycles. The molecule has 28 heavy (non-hydrogen) atoms. The summed E-state index contributed by atoms with van der Waals surface area (Å²) in [7, 11) is 0. The molecular weight excluding hydrogens is 370 g/mol. The maximum atomic E-state index is 10.7. The first kappa shape index (κ1) is 19.5. The highest BCUT2D eigenvalue weighted by Gasteiger charge is 2.25. The van der Waals surface area contributed by atoms with Gasteiger partial charge in [-0.25, -0.2) is 0 Å². The maximum Gasteiger partial charge on any atom is 0.125 e. The number of likely N-dealkylation sites (tertiary alicyclic amines) is 1. The van der Waals surface area contributed by atoms with Crippen LogP contribution in [0, 0.1) is 5.92 Å². The number of nitrogens with zero attached hydrogens (tertiary/aromatic N) is 1. The van der Waals surface area contributed by atoms with Gasteiger partial charge in [0, 0.05) is 30.6 Å². The largest absolute Gasteiger partial charge is 0.489 e. The fourth-order valence-electron chi connectivity index (χ4n) is 4.35. The van der Waals surface area contributed by atoms with E-state index in [9.17, 15) is 4.79 Å². The first-order valence-electron chi connectivity index (χ1n) is 10.4. The van der Waals surface area contributed by atoms with Crippen molar-refractivity contribution in [3.05, 3.63) is 64.2 Å². The second-order valence-corrected chi connectivity index (χ2v) is 8.62. The van der Waals surface area contributed by atoms with Crippen LogP contribution in [0.25, 0.3) is 0 Å². The van der Waals surface area contributed by atoms with Crippen LogP contribution in [0.4, 0.5) is 0 Å². The molecule has 2 aliphatic rings. The number of carbonyl (C=O) groups excluding carboxylic acids is 1. The lowest BCUT2D eigenvalue weighted by molar-refractivity contribution is -0.115. The number of benzene rings is 2. The predicted molar refractivity (Wildman–Crippen MR) is 113 cm³/mol. The van der Waals surface area contributed by atoms with Crippen molar-refractivity contribution < 1.29 is 9.53 Å². The molecule has 2 aromatic carbocycles. The Morgan fingerprint density at radius 3 is 2.39 bits per heavy atom. The van der Waals surface area contributed by atoms with Gasteiger partial charge in [0.2, 0.25) is 0 Å². The van der Waals surface area contributed by atoms with Crippen molar-refractivity contribution in [1.82, 2.24) is 4.90 Å². The van der Waals surface area contributed by atoms with Gasteiger partial charge in [0.15, 0.2) is 0 Å². The third-order valence-electron chi connectivity index (χ3n) is 6.02. The second kappa shape index (κ2) is 9.11. The zero-order chi connectivity index (χ0) is 19.3. The molecule has 0 N–H and O–H groups in total. The lowest BCUT2D eigenvalue weighted by Gasteiger charge is -2.36. The van der Waals surface area contributed by atoms with E-state index < -0.39 is 0 Å². The highest BCUT2D eigenvalue weighted by molar-refractivity contribution is 6.31. The molecule has 1 saturated heterocycles. The van der Waals surface area contributed by atoms with Crippen LogP contribution in [0.15, 0.2) is 42.5 Å². The van der Waals surface area contributed by atoms with Gasteiger partial charge in [0.05, 0.1) is 0 Å². The topological polar surface area (TPSA) is 29.5 Å². The maximum absolute atomic E-state index is 10.7. The quantitative estimate of drug-likeness (QED) is 0.569. The van der Waals surface area contributed by atoms with Crippen molar-refractivity contribution in [2.75, 3.05) is 13.1 Å². The minimum atomic E-state index is 0.221. The summed E-state index contributed by atoms with van der Waals surface area (Å²) in [5.74, 6) is 1.71. The fourth-order valence-corrected chi connectivity index (χ4v) is 4.70. The van der Waals surface area contributed by atoms with E-state index in [4.69, 9.17) is 16.3 Å². The van der Waals surface area contributed by atoms with Gasteiger partial charge >= 0.3 is 0 Å². The molecule has 1 saturated carbocycles. The van der Waals surface area contributed by atoms with E-state index in [-0.39, 0.29) is 5.92 Å². The monoisotopic (exact) mass is 397 g/mol. The molecule has 4 heteroatoms. The van der Waals surface area contributed by atoms with Gasteiger partial charge in [-0.05, 0) is 53.6 Å². The molecule has 0 bridgehead atoms.